The number of hydrogen-bond donors (Lipinski definition) is 3. The number of aromatic nitrogens is 1. The first-order chi connectivity index (χ1) is 10.0. The van der Waals surface area contributed by atoms with Crippen molar-refractivity contribution in [3.63, 3.8) is 0 Å². The zero-order valence-corrected chi connectivity index (χ0v) is 12.6. The fourth-order valence-corrected chi connectivity index (χ4v) is 2.99. The Morgan fingerprint density at radius 2 is 2.24 bits per heavy atom. The Bertz CT molecular complexity index is 644. The van der Waals surface area contributed by atoms with E-state index in [9.17, 15) is 9.18 Å². The Balaban J connectivity index is 2.04. The normalized spacial score (nSPS) is 12.0. The number of nitrogens with two attached hydrogens (primary N) is 1. The molecule has 21 heavy (non-hydrogen) atoms. The SMILES string of the molecule is Cc1ccc(CC(C)NC(=O)c2ccnc(NN)c2F)s1. The highest BCUT2D eigenvalue weighted by Gasteiger charge is 2.17. The second-order valence-electron chi connectivity index (χ2n) is 4.76. The zero-order valence-electron chi connectivity index (χ0n) is 11.8. The lowest BCUT2D eigenvalue weighted by atomic mass is 10.1. The van der Waals surface area contributed by atoms with Gasteiger partial charge in [0.25, 0.3) is 5.91 Å². The van der Waals surface area contributed by atoms with Gasteiger partial charge in [-0.1, -0.05) is 0 Å². The molecule has 0 radical (unpaired) electrons. The van der Waals surface area contributed by atoms with Crippen LogP contribution in [-0.4, -0.2) is 16.9 Å². The monoisotopic (exact) mass is 308 g/mol. The molecule has 0 fully saturated rings. The van der Waals surface area contributed by atoms with E-state index in [-0.39, 0.29) is 17.4 Å². The number of rotatable bonds is 5. The van der Waals surface area contributed by atoms with E-state index in [0.29, 0.717) is 6.42 Å². The van der Waals surface area contributed by atoms with Crippen LogP contribution in [-0.2, 0) is 6.42 Å². The van der Waals surface area contributed by atoms with Gasteiger partial charge in [0.1, 0.15) is 0 Å². The molecule has 2 heterocycles. The largest absolute Gasteiger partial charge is 0.349 e. The highest BCUT2D eigenvalue weighted by Crippen LogP contribution is 2.17. The summed E-state index contributed by atoms with van der Waals surface area (Å²) in [6.07, 6.45) is 2.04. The van der Waals surface area contributed by atoms with Gasteiger partial charge in [-0.2, -0.15) is 0 Å². The maximum Gasteiger partial charge on any atom is 0.254 e. The third-order valence-electron chi connectivity index (χ3n) is 2.95. The van der Waals surface area contributed by atoms with E-state index in [0.717, 1.165) is 0 Å². The molecule has 7 heteroatoms. The van der Waals surface area contributed by atoms with Crippen molar-refractivity contribution >= 4 is 23.1 Å². The summed E-state index contributed by atoms with van der Waals surface area (Å²) in [5, 5.41) is 2.78. The van der Waals surface area contributed by atoms with Crippen LogP contribution in [0.2, 0.25) is 0 Å². The summed E-state index contributed by atoms with van der Waals surface area (Å²) in [6.45, 7) is 3.92. The fourth-order valence-electron chi connectivity index (χ4n) is 1.97. The molecule has 0 aromatic carbocycles. The average molecular weight is 308 g/mol. The third-order valence-corrected chi connectivity index (χ3v) is 3.97. The molecule has 0 aliphatic carbocycles. The molecule has 2 aromatic heterocycles. The topological polar surface area (TPSA) is 80.0 Å². The van der Waals surface area contributed by atoms with Crippen LogP contribution >= 0.6 is 11.3 Å². The zero-order chi connectivity index (χ0) is 15.4. The second kappa shape index (κ2) is 6.64. The minimum atomic E-state index is -0.753. The van der Waals surface area contributed by atoms with Crippen molar-refractivity contribution in [1.82, 2.24) is 10.3 Å². The number of hydrogen-bond acceptors (Lipinski definition) is 5. The number of nitrogen functional groups attached to an aromatic ring is 1. The summed E-state index contributed by atoms with van der Waals surface area (Å²) < 4.78 is 13.9. The van der Waals surface area contributed by atoms with Crippen LogP contribution in [0.3, 0.4) is 0 Å². The molecule has 5 nitrogen and oxygen atoms in total. The summed E-state index contributed by atoms with van der Waals surface area (Å²) in [5.74, 6) is 3.76. The first-order valence-electron chi connectivity index (χ1n) is 6.48. The molecular weight excluding hydrogens is 291 g/mol. The molecule has 4 N–H and O–H groups in total. The predicted octanol–water partition coefficient (Wildman–Crippen LogP) is 2.24. The van der Waals surface area contributed by atoms with Crippen molar-refractivity contribution in [3.05, 3.63) is 45.5 Å². The van der Waals surface area contributed by atoms with Crippen molar-refractivity contribution < 1.29 is 9.18 Å². The number of hydrazine groups is 1. The summed E-state index contributed by atoms with van der Waals surface area (Å²) in [5.41, 5.74) is 2.05. The van der Waals surface area contributed by atoms with Gasteiger partial charge in [0.15, 0.2) is 11.6 Å². The van der Waals surface area contributed by atoms with Crippen LogP contribution in [0, 0.1) is 12.7 Å². The van der Waals surface area contributed by atoms with Crippen LogP contribution < -0.4 is 16.6 Å². The molecule has 0 aliphatic rings. The number of aryl methyl sites for hydroxylation is 1. The number of thiophene rings is 1. The van der Waals surface area contributed by atoms with Crippen molar-refractivity contribution in [3.8, 4) is 0 Å². The van der Waals surface area contributed by atoms with Gasteiger partial charge < -0.3 is 10.7 Å². The molecule has 1 atom stereocenters. The lowest BCUT2D eigenvalue weighted by molar-refractivity contribution is 0.0936. The second-order valence-corrected chi connectivity index (χ2v) is 6.13. The Hall–Kier alpha value is -1.99. The van der Waals surface area contributed by atoms with Crippen LogP contribution in [0.5, 0.6) is 0 Å². The average Bonchev–Trinajstić information content (AvgIpc) is 2.83. The lowest BCUT2D eigenvalue weighted by Crippen LogP contribution is -2.34. The minimum absolute atomic E-state index is 0.0767. The summed E-state index contributed by atoms with van der Waals surface area (Å²) in [6, 6.07) is 5.30. The molecule has 1 amide bonds. The molecular formula is C14H17FN4OS. The quantitative estimate of drug-likeness (QED) is 0.584. The highest BCUT2D eigenvalue weighted by molar-refractivity contribution is 7.11. The van der Waals surface area contributed by atoms with Crippen LogP contribution in [0.1, 0.15) is 27.0 Å². The van der Waals surface area contributed by atoms with E-state index in [1.165, 1.54) is 22.0 Å². The number of carbonyl (C=O) groups is 1. The number of anilines is 1. The van der Waals surface area contributed by atoms with Crippen LogP contribution in [0.4, 0.5) is 10.2 Å². The molecule has 0 saturated heterocycles. The van der Waals surface area contributed by atoms with E-state index in [4.69, 9.17) is 5.84 Å². The third kappa shape index (κ3) is 3.77. The molecule has 0 aliphatic heterocycles. The van der Waals surface area contributed by atoms with Gasteiger partial charge >= 0.3 is 0 Å². The molecule has 2 rings (SSSR count). The lowest BCUT2D eigenvalue weighted by Gasteiger charge is -2.14. The van der Waals surface area contributed by atoms with E-state index in [2.05, 4.69) is 15.7 Å². The van der Waals surface area contributed by atoms with Gasteiger partial charge in [0, 0.05) is 28.4 Å². The molecule has 2 aromatic rings. The van der Waals surface area contributed by atoms with Crippen LogP contribution in [0.15, 0.2) is 24.4 Å². The van der Waals surface area contributed by atoms with E-state index >= 15 is 0 Å². The number of carbonyl (C=O) groups excluding carboxylic acids is 1. The Morgan fingerprint density at radius 3 is 2.86 bits per heavy atom. The van der Waals surface area contributed by atoms with Gasteiger partial charge in [-0.25, -0.2) is 15.2 Å². The maximum absolute atomic E-state index is 13.9. The summed E-state index contributed by atoms with van der Waals surface area (Å²) in [7, 11) is 0. The summed E-state index contributed by atoms with van der Waals surface area (Å²) >= 11 is 1.69. The number of nitrogens with zero attached hydrogens (tertiary/aromatic N) is 1. The van der Waals surface area contributed by atoms with Crippen LogP contribution in [0.25, 0.3) is 0 Å². The summed E-state index contributed by atoms with van der Waals surface area (Å²) in [4.78, 5) is 18.2. The van der Waals surface area contributed by atoms with Crippen molar-refractivity contribution in [2.24, 2.45) is 5.84 Å². The number of amides is 1. The van der Waals surface area contributed by atoms with E-state index in [1.54, 1.807) is 11.3 Å². The van der Waals surface area contributed by atoms with Crippen molar-refractivity contribution in [2.75, 3.05) is 5.43 Å². The smallest absolute Gasteiger partial charge is 0.254 e. The Kier molecular flexibility index (Phi) is 4.87. The van der Waals surface area contributed by atoms with Gasteiger partial charge in [0.05, 0.1) is 5.56 Å². The van der Waals surface area contributed by atoms with E-state index < -0.39 is 11.7 Å². The predicted molar refractivity (Wildman–Crippen MR) is 81.7 cm³/mol. The van der Waals surface area contributed by atoms with Crippen molar-refractivity contribution in [2.45, 2.75) is 26.3 Å². The minimum Gasteiger partial charge on any atom is -0.349 e. The van der Waals surface area contributed by atoms with Crippen molar-refractivity contribution in [1.29, 1.82) is 0 Å². The number of pyridine rings is 1. The standard InChI is InChI=1S/C14H17FN4OS/c1-8(7-10-4-3-9(2)21-10)18-14(20)11-5-6-17-13(19-16)12(11)15/h3-6,8H,7,16H2,1-2H3,(H,17,19)(H,18,20). The van der Waals surface area contributed by atoms with Gasteiger partial charge in [-0.15, -0.1) is 11.3 Å². The molecule has 1 unspecified atom stereocenters. The molecule has 0 spiro atoms. The molecule has 0 saturated carbocycles. The van der Waals surface area contributed by atoms with Gasteiger partial charge in [-0.05, 0) is 32.0 Å². The molecule has 112 valence electrons. The number of nitrogens with one attached hydrogen (secondary N) is 2. The van der Waals surface area contributed by atoms with Gasteiger partial charge in [-0.3, -0.25) is 4.79 Å². The first kappa shape index (κ1) is 15.4. The highest BCUT2D eigenvalue weighted by atomic mass is 32.1. The Morgan fingerprint density at radius 1 is 1.48 bits per heavy atom. The fraction of sp³-hybridized carbons (Fsp3) is 0.286. The van der Waals surface area contributed by atoms with E-state index in [1.807, 2.05) is 26.0 Å². The number of halogens is 1. The maximum atomic E-state index is 13.9. The first-order valence-corrected chi connectivity index (χ1v) is 7.30. The molecule has 0 bridgehead atoms. The Labute approximate surface area is 126 Å². The van der Waals surface area contributed by atoms with Gasteiger partial charge in [0.2, 0.25) is 0 Å².